The first-order valence-electron chi connectivity index (χ1n) is 13.4. The Kier molecular flexibility index (Phi) is 4.78. The van der Waals surface area contributed by atoms with Crippen LogP contribution in [0.2, 0.25) is 0 Å². The molecule has 0 aromatic carbocycles. The Morgan fingerprint density at radius 1 is 0.871 bits per heavy atom. The maximum absolute atomic E-state index is 11.8. The predicted molar refractivity (Wildman–Crippen MR) is 119 cm³/mol. The molecule has 4 saturated carbocycles. The van der Waals surface area contributed by atoms with Crippen LogP contribution in [0.3, 0.4) is 0 Å². The minimum absolute atomic E-state index is 0.0570. The van der Waals surface area contributed by atoms with Crippen LogP contribution in [0.1, 0.15) is 85.5 Å². The first-order valence-corrected chi connectivity index (χ1v) is 13.4. The topological polar surface area (TPSA) is 58.9 Å². The SMILES string of the molecule is CC1CCC2(OC1)OC1CC3C4CC[C@@H]5CC(O)CC[C@]5(C)C4C[C@H](O)[C@]3(C)C1[C@@H]2C. The molecular formula is C27H44O4. The molecule has 4 nitrogen and oxygen atoms in total. The third kappa shape index (κ3) is 2.74. The summed E-state index contributed by atoms with van der Waals surface area (Å²) < 4.78 is 13.3. The first kappa shape index (κ1) is 21.4. The molecule has 0 amide bonds. The summed E-state index contributed by atoms with van der Waals surface area (Å²) in [5, 5.41) is 22.1. The van der Waals surface area contributed by atoms with Crippen LogP contribution in [0, 0.1) is 52.3 Å². The Balaban J connectivity index is 1.29. The number of hydrogen-bond donors (Lipinski definition) is 2. The van der Waals surface area contributed by atoms with Gasteiger partial charge in [0.05, 0.1) is 24.9 Å². The number of ether oxygens (including phenoxy) is 2. The smallest absolute Gasteiger partial charge is 0.171 e. The predicted octanol–water partition coefficient (Wildman–Crippen LogP) is 4.76. The standard InChI is InChI=1S/C27H44O4/c1-15-7-10-27(30-14-15)16(2)24-22(31-27)12-21-19-6-5-17-11-18(28)8-9-25(17,3)20(19)13-23(29)26(21,24)4/h15-24,28-29H,5-14H2,1-4H3/t15?,16-,17+,18?,19?,20?,21?,22?,23-,24?,25-,26+,27?/m0/s1. The van der Waals surface area contributed by atoms with E-state index in [2.05, 4.69) is 27.7 Å². The fourth-order valence-corrected chi connectivity index (χ4v) is 10.2. The van der Waals surface area contributed by atoms with Crippen molar-refractivity contribution in [2.24, 2.45) is 52.3 Å². The highest BCUT2D eigenvalue weighted by molar-refractivity contribution is 5.17. The summed E-state index contributed by atoms with van der Waals surface area (Å²) in [6, 6.07) is 0. The quantitative estimate of drug-likeness (QED) is 0.579. The van der Waals surface area contributed by atoms with Crippen LogP contribution in [-0.2, 0) is 9.47 Å². The van der Waals surface area contributed by atoms with E-state index in [1.165, 1.54) is 19.3 Å². The Morgan fingerprint density at radius 3 is 2.42 bits per heavy atom. The monoisotopic (exact) mass is 432 g/mol. The van der Waals surface area contributed by atoms with Crippen LogP contribution >= 0.6 is 0 Å². The third-order valence-electron chi connectivity index (χ3n) is 12.0. The van der Waals surface area contributed by atoms with Gasteiger partial charge in [-0.3, -0.25) is 0 Å². The molecule has 176 valence electrons. The van der Waals surface area contributed by atoms with Crippen LogP contribution in [0.25, 0.3) is 0 Å². The second kappa shape index (κ2) is 6.93. The zero-order valence-corrected chi connectivity index (χ0v) is 20.1. The summed E-state index contributed by atoms with van der Waals surface area (Å²) in [4.78, 5) is 0. The van der Waals surface area contributed by atoms with Crippen LogP contribution in [0.4, 0.5) is 0 Å². The lowest BCUT2D eigenvalue weighted by molar-refractivity contribution is -0.274. The molecule has 2 saturated heterocycles. The van der Waals surface area contributed by atoms with Gasteiger partial charge in [-0.25, -0.2) is 0 Å². The molecule has 2 aliphatic heterocycles. The number of fused-ring (bicyclic) bond motifs is 7. The fourth-order valence-electron chi connectivity index (χ4n) is 10.2. The Labute approximate surface area is 188 Å². The van der Waals surface area contributed by atoms with E-state index >= 15 is 0 Å². The lowest BCUT2D eigenvalue weighted by Gasteiger charge is -2.62. The molecule has 1 spiro atoms. The van der Waals surface area contributed by atoms with Gasteiger partial charge in [0.2, 0.25) is 0 Å². The zero-order valence-electron chi connectivity index (χ0n) is 20.1. The largest absolute Gasteiger partial charge is 0.393 e. The molecule has 6 aliphatic rings. The highest BCUT2D eigenvalue weighted by Gasteiger charge is 2.71. The Morgan fingerprint density at radius 2 is 1.68 bits per heavy atom. The zero-order chi connectivity index (χ0) is 21.8. The summed E-state index contributed by atoms with van der Waals surface area (Å²) in [5.74, 6) is 3.46. The van der Waals surface area contributed by atoms with E-state index in [9.17, 15) is 10.2 Å². The van der Waals surface area contributed by atoms with Gasteiger partial charge in [-0.15, -0.1) is 0 Å². The summed E-state index contributed by atoms with van der Waals surface area (Å²) in [6.45, 7) is 10.3. The maximum atomic E-state index is 11.8. The van der Waals surface area contributed by atoms with Crippen molar-refractivity contribution in [2.45, 2.75) is 110 Å². The summed E-state index contributed by atoms with van der Waals surface area (Å²) >= 11 is 0. The molecule has 2 heterocycles. The van der Waals surface area contributed by atoms with Crippen LogP contribution in [0.15, 0.2) is 0 Å². The van der Waals surface area contributed by atoms with E-state index in [0.717, 1.165) is 45.1 Å². The lowest BCUT2D eigenvalue weighted by Crippen LogP contribution is -2.59. The van der Waals surface area contributed by atoms with Crippen LogP contribution in [0.5, 0.6) is 0 Å². The van der Waals surface area contributed by atoms with Crippen molar-refractivity contribution in [3.8, 4) is 0 Å². The Hall–Kier alpha value is -0.160. The minimum atomic E-state index is -0.407. The molecule has 0 aromatic rings. The lowest BCUT2D eigenvalue weighted by atomic mass is 9.43. The van der Waals surface area contributed by atoms with Crippen molar-refractivity contribution in [3.63, 3.8) is 0 Å². The summed E-state index contributed by atoms with van der Waals surface area (Å²) in [5.41, 5.74) is 0.233. The van der Waals surface area contributed by atoms with Gasteiger partial charge in [0.15, 0.2) is 5.79 Å². The van der Waals surface area contributed by atoms with Gasteiger partial charge < -0.3 is 19.7 Å². The molecule has 6 rings (SSSR count). The molecule has 6 fully saturated rings. The first-order chi connectivity index (χ1) is 14.7. The van der Waals surface area contributed by atoms with E-state index < -0.39 is 5.79 Å². The highest BCUT2D eigenvalue weighted by Crippen LogP contribution is 2.71. The number of rotatable bonds is 0. The van der Waals surface area contributed by atoms with E-state index in [1.54, 1.807) is 0 Å². The molecule has 0 bridgehead atoms. The molecule has 4 heteroatoms. The normalized spacial score (nSPS) is 63.3. The second-order valence-electron chi connectivity index (χ2n) is 13.2. The van der Waals surface area contributed by atoms with E-state index in [4.69, 9.17) is 9.47 Å². The van der Waals surface area contributed by atoms with Crippen molar-refractivity contribution in [1.82, 2.24) is 0 Å². The second-order valence-corrected chi connectivity index (χ2v) is 13.2. The van der Waals surface area contributed by atoms with Crippen molar-refractivity contribution < 1.29 is 19.7 Å². The number of aliphatic hydroxyl groups excluding tert-OH is 2. The average molecular weight is 433 g/mol. The number of aliphatic hydroxyl groups is 2. The number of hydrogen-bond acceptors (Lipinski definition) is 4. The third-order valence-corrected chi connectivity index (χ3v) is 12.0. The summed E-state index contributed by atoms with van der Waals surface area (Å²) in [6.07, 6.45) is 9.70. The maximum Gasteiger partial charge on any atom is 0.171 e. The molecular weight excluding hydrogens is 388 g/mol. The van der Waals surface area contributed by atoms with Crippen LogP contribution < -0.4 is 0 Å². The molecule has 4 aliphatic carbocycles. The van der Waals surface area contributed by atoms with Crippen molar-refractivity contribution in [1.29, 1.82) is 0 Å². The molecule has 13 atom stereocenters. The van der Waals surface area contributed by atoms with Gasteiger partial charge in [0, 0.05) is 23.7 Å². The highest BCUT2D eigenvalue weighted by atomic mass is 16.7. The van der Waals surface area contributed by atoms with Gasteiger partial charge >= 0.3 is 0 Å². The molecule has 2 N–H and O–H groups in total. The van der Waals surface area contributed by atoms with E-state index in [0.29, 0.717) is 46.8 Å². The van der Waals surface area contributed by atoms with E-state index in [-0.39, 0.29) is 23.7 Å². The van der Waals surface area contributed by atoms with Crippen molar-refractivity contribution in [2.75, 3.05) is 6.61 Å². The van der Waals surface area contributed by atoms with E-state index in [1.807, 2.05) is 0 Å². The van der Waals surface area contributed by atoms with Gasteiger partial charge in [-0.2, -0.15) is 0 Å². The molecule has 0 radical (unpaired) electrons. The van der Waals surface area contributed by atoms with Crippen molar-refractivity contribution in [3.05, 3.63) is 0 Å². The molecule has 31 heavy (non-hydrogen) atoms. The van der Waals surface area contributed by atoms with Crippen molar-refractivity contribution >= 4 is 0 Å². The van der Waals surface area contributed by atoms with Gasteiger partial charge in [-0.05, 0) is 86.4 Å². The van der Waals surface area contributed by atoms with Gasteiger partial charge in [0.1, 0.15) is 0 Å². The average Bonchev–Trinajstić information content (AvgIpc) is 3.18. The molecule has 8 unspecified atom stereocenters. The summed E-state index contributed by atoms with van der Waals surface area (Å²) in [7, 11) is 0. The molecule has 0 aromatic heterocycles. The van der Waals surface area contributed by atoms with Crippen LogP contribution in [-0.4, -0.2) is 40.9 Å². The Bertz CT molecular complexity index is 716. The fraction of sp³-hybridized carbons (Fsp3) is 1.00. The van der Waals surface area contributed by atoms with Gasteiger partial charge in [0.25, 0.3) is 0 Å². The van der Waals surface area contributed by atoms with Gasteiger partial charge in [-0.1, -0.05) is 27.7 Å². The minimum Gasteiger partial charge on any atom is -0.393 e.